The van der Waals surface area contributed by atoms with Gasteiger partial charge in [0.2, 0.25) is 0 Å². The lowest BCUT2D eigenvalue weighted by Gasteiger charge is -2.12. The van der Waals surface area contributed by atoms with Gasteiger partial charge in [0.05, 0.1) is 16.6 Å². The second-order valence-corrected chi connectivity index (χ2v) is 4.99. The molecule has 1 heterocycles. The van der Waals surface area contributed by atoms with E-state index in [2.05, 4.69) is 17.0 Å². The van der Waals surface area contributed by atoms with Crippen LogP contribution in [0.5, 0.6) is 0 Å². The maximum atomic E-state index is 12.6. The molecule has 1 atom stereocenters. The molecule has 0 aliphatic carbocycles. The van der Waals surface area contributed by atoms with Crippen LogP contribution in [-0.2, 0) is 11.8 Å². The molecule has 1 aromatic carbocycles. The third-order valence-corrected chi connectivity index (χ3v) is 3.61. The number of fused-ring (bicyclic) bond motifs is 1. The number of hydrogen-bond donors (Lipinski definition) is 0. The molecule has 0 aliphatic rings. The molecular weight excluding hydrogens is 282 g/mol. The molecule has 0 fully saturated rings. The van der Waals surface area contributed by atoms with Crippen molar-refractivity contribution in [1.29, 1.82) is 0 Å². The molecule has 0 radical (unpaired) electrons. The molecule has 22 heavy (non-hydrogen) atoms. The van der Waals surface area contributed by atoms with Gasteiger partial charge >= 0.3 is 11.6 Å². The summed E-state index contributed by atoms with van der Waals surface area (Å²) in [5.74, 6) is 4.93. The quantitative estimate of drug-likeness (QED) is 0.642. The summed E-state index contributed by atoms with van der Waals surface area (Å²) in [5, 5.41) is 2.51. The van der Waals surface area contributed by atoms with Crippen molar-refractivity contribution in [2.75, 3.05) is 0 Å². The van der Waals surface area contributed by atoms with Crippen molar-refractivity contribution in [3.05, 3.63) is 39.2 Å². The Morgan fingerprint density at radius 3 is 2.73 bits per heavy atom. The van der Waals surface area contributed by atoms with Crippen LogP contribution in [0.2, 0.25) is 0 Å². The summed E-state index contributed by atoms with van der Waals surface area (Å²) < 4.78 is 2.80. The predicted molar refractivity (Wildman–Crippen MR) is 84.5 cm³/mol. The molecule has 0 bridgehead atoms. The van der Waals surface area contributed by atoms with Crippen molar-refractivity contribution in [2.24, 2.45) is 12.2 Å². The number of imidazole rings is 1. The van der Waals surface area contributed by atoms with E-state index in [0.717, 1.165) is 0 Å². The van der Waals surface area contributed by atoms with E-state index in [1.807, 2.05) is 13.0 Å². The zero-order valence-electron chi connectivity index (χ0n) is 12.8. The lowest BCUT2D eigenvalue weighted by atomic mass is 10.1. The number of nitroso groups, excluding NO2 is 1. The van der Waals surface area contributed by atoms with Gasteiger partial charge in [0.15, 0.2) is 0 Å². The second kappa shape index (κ2) is 6.39. The minimum absolute atomic E-state index is 0.351. The van der Waals surface area contributed by atoms with E-state index >= 15 is 0 Å². The summed E-state index contributed by atoms with van der Waals surface area (Å²) >= 11 is 0. The Labute approximate surface area is 127 Å². The number of aromatic nitrogens is 2. The van der Waals surface area contributed by atoms with Crippen LogP contribution in [0.15, 0.2) is 28.2 Å². The largest absolute Gasteiger partial charge is 0.329 e. The van der Waals surface area contributed by atoms with Gasteiger partial charge < -0.3 is 0 Å². The van der Waals surface area contributed by atoms with Crippen LogP contribution in [0.25, 0.3) is 11.0 Å². The molecule has 0 N–H and O–H groups in total. The molecule has 114 valence electrons. The lowest BCUT2D eigenvalue weighted by molar-refractivity contribution is -0.121. The van der Waals surface area contributed by atoms with Crippen LogP contribution < -0.4 is 5.69 Å². The van der Waals surface area contributed by atoms with E-state index in [1.165, 1.54) is 9.13 Å². The third kappa shape index (κ3) is 2.46. The Morgan fingerprint density at radius 2 is 2.14 bits per heavy atom. The van der Waals surface area contributed by atoms with Gasteiger partial charge in [0.1, 0.15) is 6.04 Å². The van der Waals surface area contributed by atoms with Gasteiger partial charge in [-0.25, -0.2) is 4.79 Å². The number of para-hydroxylation sites is 1. The first-order valence-corrected chi connectivity index (χ1v) is 7.06. The fourth-order valence-corrected chi connectivity index (χ4v) is 2.67. The summed E-state index contributed by atoms with van der Waals surface area (Å²) in [6, 6.07) is 4.47. The number of benzene rings is 1. The van der Waals surface area contributed by atoms with Crippen LogP contribution in [0.1, 0.15) is 38.3 Å². The number of aryl methyl sites for hydroxylation is 1. The minimum atomic E-state index is -0.872. The topological polar surface area (TPSA) is 73.4 Å². The van der Waals surface area contributed by atoms with Crippen LogP contribution >= 0.6 is 0 Å². The number of carbonyl (C=O) groups is 1. The molecule has 1 aromatic heterocycles. The molecule has 1 unspecified atom stereocenters. The number of carbonyl (C=O) groups excluding carboxylic acids is 1. The highest BCUT2D eigenvalue weighted by atomic mass is 16.3. The van der Waals surface area contributed by atoms with Gasteiger partial charge in [0, 0.05) is 12.2 Å². The zero-order valence-corrected chi connectivity index (χ0v) is 12.8. The summed E-state index contributed by atoms with van der Waals surface area (Å²) in [4.78, 5) is 35.1. The van der Waals surface area contributed by atoms with Gasteiger partial charge in [-0.3, -0.25) is 13.9 Å². The first-order chi connectivity index (χ1) is 10.6. The standard InChI is InChI=1S/C16H17N3O3/c1-4-7-11-9-6-10-12-14(11)18(3)16(21)19(12)13(8-5-2)15(20)17-22/h6,9-10,13H,5,8H2,1-3H3. The van der Waals surface area contributed by atoms with Gasteiger partial charge in [-0.1, -0.05) is 25.3 Å². The van der Waals surface area contributed by atoms with Gasteiger partial charge in [-0.15, -0.1) is 10.8 Å². The average Bonchev–Trinajstić information content (AvgIpc) is 2.77. The predicted octanol–water partition coefficient (Wildman–Crippen LogP) is 2.35. The van der Waals surface area contributed by atoms with E-state index in [9.17, 15) is 14.5 Å². The van der Waals surface area contributed by atoms with E-state index in [4.69, 9.17) is 0 Å². The number of amides is 1. The van der Waals surface area contributed by atoms with Gasteiger partial charge in [0.25, 0.3) is 0 Å². The Hall–Kier alpha value is -2.68. The second-order valence-electron chi connectivity index (χ2n) is 4.99. The van der Waals surface area contributed by atoms with E-state index < -0.39 is 11.9 Å². The molecule has 6 heteroatoms. The molecule has 0 aliphatic heterocycles. The number of nitrogens with zero attached hydrogens (tertiary/aromatic N) is 3. The Kier molecular flexibility index (Phi) is 4.56. The first-order valence-electron chi connectivity index (χ1n) is 7.06. The average molecular weight is 299 g/mol. The van der Waals surface area contributed by atoms with Crippen molar-refractivity contribution >= 4 is 16.9 Å². The van der Waals surface area contributed by atoms with Crippen molar-refractivity contribution in [3.63, 3.8) is 0 Å². The highest BCUT2D eigenvalue weighted by Crippen LogP contribution is 2.23. The fourth-order valence-electron chi connectivity index (χ4n) is 2.67. The fraction of sp³-hybridized carbons (Fsp3) is 0.375. The monoisotopic (exact) mass is 299 g/mol. The normalized spacial score (nSPS) is 11.8. The molecule has 2 rings (SSSR count). The minimum Gasteiger partial charge on any atom is -0.294 e. The van der Waals surface area contributed by atoms with Crippen molar-refractivity contribution in [3.8, 4) is 11.8 Å². The SMILES string of the molecule is CC#Cc1cccc2c1n(C)c(=O)n2C(CCC)C(=O)N=O. The molecule has 2 aromatic rings. The zero-order chi connectivity index (χ0) is 16.3. The van der Waals surface area contributed by atoms with Gasteiger partial charge in [-0.05, 0) is 25.5 Å². The van der Waals surface area contributed by atoms with Crippen LogP contribution in [-0.4, -0.2) is 15.0 Å². The summed E-state index contributed by atoms with van der Waals surface area (Å²) in [7, 11) is 1.63. The molecule has 0 spiro atoms. The van der Waals surface area contributed by atoms with Crippen LogP contribution in [0.4, 0.5) is 0 Å². The highest BCUT2D eigenvalue weighted by Gasteiger charge is 2.26. The van der Waals surface area contributed by atoms with E-state index in [0.29, 0.717) is 29.4 Å². The summed E-state index contributed by atoms with van der Waals surface area (Å²) in [6.45, 7) is 3.60. The molecule has 0 saturated carbocycles. The lowest BCUT2D eigenvalue weighted by Crippen LogP contribution is -2.29. The van der Waals surface area contributed by atoms with Crippen molar-refractivity contribution in [2.45, 2.75) is 32.7 Å². The Morgan fingerprint density at radius 1 is 1.41 bits per heavy atom. The number of rotatable bonds is 4. The van der Waals surface area contributed by atoms with Crippen molar-refractivity contribution in [1.82, 2.24) is 9.13 Å². The maximum absolute atomic E-state index is 12.6. The van der Waals surface area contributed by atoms with Crippen LogP contribution in [0.3, 0.4) is 0 Å². The maximum Gasteiger partial charge on any atom is 0.329 e. The van der Waals surface area contributed by atoms with E-state index in [-0.39, 0.29) is 5.69 Å². The Bertz CT molecular complexity index is 849. The van der Waals surface area contributed by atoms with Crippen molar-refractivity contribution < 1.29 is 4.79 Å². The van der Waals surface area contributed by atoms with Crippen LogP contribution in [0, 0.1) is 16.7 Å². The Balaban J connectivity index is 2.84. The molecule has 6 nitrogen and oxygen atoms in total. The molecule has 0 saturated heterocycles. The molecule has 1 amide bonds. The summed E-state index contributed by atoms with van der Waals surface area (Å²) in [5.41, 5.74) is 1.60. The third-order valence-electron chi connectivity index (χ3n) is 3.61. The van der Waals surface area contributed by atoms with E-state index in [1.54, 1.807) is 26.1 Å². The van der Waals surface area contributed by atoms with Gasteiger partial charge in [-0.2, -0.15) is 0 Å². The summed E-state index contributed by atoms with van der Waals surface area (Å²) in [6.07, 6.45) is 1.04. The number of hydrogen-bond acceptors (Lipinski definition) is 3. The highest BCUT2D eigenvalue weighted by molar-refractivity contribution is 5.87. The first kappa shape index (κ1) is 15.7. The smallest absolute Gasteiger partial charge is 0.294 e. The molecular formula is C16H17N3O3.